The molecule has 3 nitrogen and oxygen atoms in total. The SMILES string of the molecule is CC(C)CN(CCC#N)C(C)(C)CN. The van der Waals surface area contributed by atoms with Crippen molar-refractivity contribution in [2.45, 2.75) is 39.7 Å². The first kappa shape index (κ1) is 13.4. The Balaban J connectivity index is 4.31. The van der Waals surface area contributed by atoms with Crippen molar-refractivity contribution in [3.8, 4) is 6.07 Å². The fourth-order valence-electron chi connectivity index (χ4n) is 1.40. The molecule has 0 bridgehead atoms. The second-order valence-corrected chi connectivity index (χ2v) is 4.76. The molecule has 3 heteroatoms. The van der Waals surface area contributed by atoms with E-state index in [1.807, 2.05) is 0 Å². The van der Waals surface area contributed by atoms with Crippen molar-refractivity contribution in [3.05, 3.63) is 0 Å². The molecule has 0 saturated carbocycles. The molecule has 0 rings (SSSR count). The second kappa shape index (κ2) is 6.00. The number of hydrogen-bond donors (Lipinski definition) is 1. The number of rotatable bonds is 6. The van der Waals surface area contributed by atoms with Crippen LogP contribution in [0.5, 0.6) is 0 Å². The fraction of sp³-hybridized carbons (Fsp3) is 0.909. The first-order valence-corrected chi connectivity index (χ1v) is 5.26. The van der Waals surface area contributed by atoms with E-state index in [9.17, 15) is 0 Å². The Kier molecular flexibility index (Phi) is 5.75. The van der Waals surface area contributed by atoms with E-state index in [-0.39, 0.29) is 5.54 Å². The first-order valence-electron chi connectivity index (χ1n) is 5.26. The van der Waals surface area contributed by atoms with Crippen LogP contribution in [0.25, 0.3) is 0 Å². The van der Waals surface area contributed by atoms with Crippen molar-refractivity contribution in [2.75, 3.05) is 19.6 Å². The Bertz CT molecular complexity index is 191. The van der Waals surface area contributed by atoms with Crippen molar-refractivity contribution in [3.63, 3.8) is 0 Å². The van der Waals surface area contributed by atoms with Gasteiger partial charge in [-0.1, -0.05) is 13.8 Å². The second-order valence-electron chi connectivity index (χ2n) is 4.76. The number of hydrogen-bond acceptors (Lipinski definition) is 3. The lowest BCUT2D eigenvalue weighted by Gasteiger charge is -2.38. The highest BCUT2D eigenvalue weighted by Crippen LogP contribution is 2.15. The average Bonchev–Trinajstić information content (AvgIpc) is 2.11. The van der Waals surface area contributed by atoms with Crippen LogP contribution in [0.2, 0.25) is 0 Å². The largest absolute Gasteiger partial charge is 0.329 e. The molecule has 0 saturated heterocycles. The van der Waals surface area contributed by atoms with Crippen molar-refractivity contribution in [1.82, 2.24) is 4.90 Å². The minimum Gasteiger partial charge on any atom is -0.329 e. The zero-order valence-electron chi connectivity index (χ0n) is 9.88. The Labute approximate surface area is 87.9 Å². The van der Waals surface area contributed by atoms with Crippen LogP contribution >= 0.6 is 0 Å². The normalized spacial score (nSPS) is 12.1. The summed E-state index contributed by atoms with van der Waals surface area (Å²) in [6.45, 7) is 11.1. The predicted molar refractivity (Wildman–Crippen MR) is 59.8 cm³/mol. The Hall–Kier alpha value is -0.590. The third-order valence-electron chi connectivity index (χ3n) is 2.43. The summed E-state index contributed by atoms with van der Waals surface area (Å²) in [6, 6.07) is 2.19. The zero-order valence-corrected chi connectivity index (χ0v) is 9.88. The fourth-order valence-corrected chi connectivity index (χ4v) is 1.40. The molecule has 2 N–H and O–H groups in total. The van der Waals surface area contributed by atoms with Gasteiger partial charge in [-0.05, 0) is 19.8 Å². The maximum absolute atomic E-state index is 8.58. The molecule has 0 atom stereocenters. The van der Waals surface area contributed by atoms with Crippen LogP contribution in [0.3, 0.4) is 0 Å². The number of nitrogens with two attached hydrogens (primary N) is 1. The zero-order chi connectivity index (χ0) is 11.2. The van der Waals surface area contributed by atoms with Crippen LogP contribution in [0.4, 0.5) is 0 Å². The highest BCUT2D eigenvalue weighted by molar-refractivity contribution is 4.85. The topological polar surface area (TPSA) is 53.0 Å². The summed E-state index contributed by atoms with van der Waals surface area (Å²) in [5, 5.41) is 8.58. The molecule has 0 aromatic heterocycles. The maximum atomic E-state index is 8.58. The van der Waals surface area contributed by atoms with E-state index in [0.717, 1.165) is 13.1 Å². The van der Waals surface area contributed by atoms with Crippen LogP contribution in [0.1, 0.15) is 34.1 Å². The van der Waals surface area contributed by atoms with E-state index < -0.39 is 0 Å². The van der Waals surface area contributed by atoms with E-state index in [4.69, 9.17) is 11.0 Å². The first-order chi connectivity index (χ1) is 6.44. The summed E-state index contributed by atoms with van der Waals surface area (Å²) >= 11 is 0. The van der Waals surface area contributed by atoms with Crippen molar-refractivity contribution in [1.29, 1.82) is 5.26 Å². The molecule has 82 valence electrons. The minimum atomic E-state index is 0.00111. The van der Waals surface area contributed by atoms with Gasteiger partial charge in [0.1, 0.15) is 0 Å². The number of nitriles is 1. The quantitative estimate of drug-likeness (QED) is 0.703. The molecule has 14 heavy (non-hydrogen) atoms. The smallest absolute Gasteiger partial charge is 0.0635 e. The van der Waals surface area contributed by atoms with Gasteiger partial charge in [-0.2, -0.15) is 5.26 Å². The van der Waals surface area contributed by atoms with Gasteiger partial charge in [0, 0.05) is 31.6 Å². The van der Waals surface area contributed by atoms with E-state index in [1.54, 1.807) is 0 Å². The molecular formula is C11H23N3. The van der Waals surface area contributed by atoms with Gasteiger partial charge in [0.25, 0.3) is 0 Å². The molecule has 0 spiro atoms. The van der Waals surface area contributed by atoms with Crippen LogP contribution in [0.15, 0.2) is 0 Å². The predicted octanol–water partition coefficient (Wildman–Crippen LogP) is 1.60. The van der Waals surface area contributed by atoms with E-state index in [1.165, 1.54) is 0 Å². The molecule has 0 amide bonds. The molecule has 0 aromatic carbocycles. The lowest BCUT2D eigenvalue weighted by Crippen LogP contribution is -2.51. The minimum absolute atomic E-state index is 0.00111. The van der Waals surface area contributed by atoms with Gasteiger partial charge in [0.2, 0.25) is 0 Å². The van der Waals surface area contributed by atoms with Crippen molar-refractivity contribution in [2.24, 2.45) is 11.7 Å². The van der Waals surface area contributed by atoms with Gasteiger partial charge in [-0.3, -0.25) is 4.90 Å². The highest BCUT2D eigenvalue weighted by Gasteiger charge is 2.24. The summed E-state index contributed by atoms with van der Waals surface area (Å²) in [5.41, 5.74) is 5.73. The maximum Gasteiger partial charge on any atom is 0.0635 e. The van der Waals surface area contributed by atoms with Gasteiger partial charge in [-0.15, -0.1) is 0 Å². The molecule has 0 unspecified atom stereocenters. The number of nitrogens with zero attached hydrogens (tertiary/aromatic N) is 2. The van der Waals surface area contributed by atoms with Gasteiger partial charge in [0.05, 0.1) is 6.07 Å². The van der Waals surface area contributed by atoms with Gasteiger partial charge >= 0.3 is 0 Å². The van der Waals surface area contributed by atoms with E-state index in [2.05, 4.69) is 38.7 Å². The van der Waals surface area contributed by atoms with Gasteiger partial charge in [0.15, 0.2) is 0 Å². The van der Waals surface area contributed by atoms with Crippen molar-refractivity contribution >= 4 is 0 Å². The molecule has 0 aliphatic rings. The molecule has 0 heterocycles. The highest BCUT2D eigenvalue weighted by atomic mass is 15.2. The third kappa shape index (κ3) is 4.59. The van der Waals surface area contributed by atoms with Gasteiger partial charge < -0.3 is 5.73 Å². The van der Waals surface area contributed by atoms with Crippen LogP contribution in [-0.4, -0.2) is 30.1 Å². The monoisotopic (exact) mass is 197 g/mol. The molecule has 0 aromatic rings. The van der Waals surface area contributed by atoms with Gasteiger partial charge in [-0.25, -0.2) is 0 Å². The summed E-state index contributed by atoms with van der Waals surface area (Å²) < 4.78 is 0. The van der Waals surface area contributed by atoms with Crippen LogP contribution in [-0.2, 0) is 0 Å². The van der Waals surface area contributed by atoms with Crippen LogP contribution in [0, 0.1) is 17.2 Å². The summed E-state index contributed by atoms with van der Waals surface area (Å²) in [4.78, 5) is 2.31. The molecule has 0 fully saturated rings. The summed E-state index contributed by atoms with van der Waals surface area (Å²) in [6.07, 6.45) is 0.580. The Morgan fingerprint density at radius 2 is 2.00 bits per heavy atom. The van der Waals surface area contributed by atoms with Crippen molar-refractivity contribution < 1.29 is 0 Å². The molecular weight excluding hydrogens is 174 g/mol. The Morgan fingerprint density at radius 1 is 1.43 bits per heavy atom. The average molecular weight is 197 g/mol. The van der Waals surface area contributed by atoms with Crippen LogP contribution < -0.4 is 5.73 Å². The summed E-state index contributed by atoms with van der Waals surface area (Å²) in [5.74, 6) is 0.611. The summed E-state index contributed by atoms with van der Waals surface area (Å²) in [7, 11) is 0. The third-order valence-corrected chi connectivity index (χ3v) is 2.43. The standard InChI is InChI=1S/C11H23N3/c1-10(2)8-14(7-5-6-12)11(3,4)9-13/h10H,5,7-9,13H2,1-4H3. The molecule has 0 radical (unpaired) electrons. The van der Waals surface area contributed by atoms with E-state index in [0.29, 0.717) is 18.9 Å². The van der Waals surface area contributed by atoms with E-state index >= 15 is 0 Å². The molecule has 0 aliphatic carbocycles. The lowest BCUT2D eigenvalue weighted by molar-refractivity contribution is 0.114. The molecule has 0 aliphatic heterocycles. The Morgan fingerprint density at radius 3 is 2.36 bits per heavy atom. The lowest BCUT2D eigenvalue weighted by atomic mass is 10.0.